The first kappa shape index (κ1) is 24.0. The summed E-state index contributed by atoms with van der Waals surface area (Å²) in [6, 6.07) is 12.4. The van der Waals surface area contributed by atoms with Gasteiger partial charge in [-0.15, -0.1) is 0 Å². The third-order valence-corrected chi connectivity index (χ3v) is 10.3. The van der Waals surface area contributed by atoms with Gasteiger partial charge >= 0.3 is 0 Å². The lowest BCUT2D eigenvalue weighted by Gasteiger charge is -2.44. The van der Waals surface area contributed by atoms with Crippen LogP contribution in [0.4, 0.5) is 11.4 Å². The highest BCUT2D eigenvalue weighted by atomic mass is 32.2. The molecule has 0 atom stereocenters. The van der Waals surface area contributed by atoms with Gasteiger partial charge in [0.2, 0.25) is 10.0 Å². The molecule has 10 heteroatoms. The van der Waals surface area contributed by atoms with Gasteiger partial charge in [-0.1, -0.05) is 19.1 Å². The maximum absolute atomic E-state index is 13.1. The van der Waals surface area contributed by atoms with E-state index < -0.39 is 25.6 Å². The third kappa shape index (κ3) is 4.49. The maximum Gasteiger partial charge on any atom is 0.261 e. The summed E-state index contributed by atoms with van der Waals surface area (Å²) in [4.78, 5) is 2.16. The summed E-state index contributed by atoms with van der Waals surface area (Å²) in [6.45, 7) is 3.61. The molecule has 0 spiro atoms. The predicted molar refractivity (Wildman–Crippen MR) is 128 cm³/mol. The molecule has 1 heterocycles. The predicted octanol–water partition coefficient (Wildman–Crippen LogP) is 2.87. The average Bonchev–Trinajstić information content (AvgIpc) is 3.54. The monoisotopic (exact) mass is 493 g/mol. The van der Waals surface area contributed by atoms with Crippen LogP contribution in [0.3, 0.4) is 0 Å². The molecule has 0 aromatic heterocycles. The van der Waals surface area contributed by atoms with E-state index in [0.29, 0.717) is 5.69 Å². The Morgan fingerprint density at radius 1 is 0.879 bits per heavy atom. The van der Waals surface area contributed by atoms with Gasteiger partial charge in [-0.3, -0.25) is 4.72 Å². The van der Waals surface area contributed by atoms with Gasteiger partial charge in [0.05, 0.1) is 26.8 Å². The van der Waals surface area contributed by atoms with Crippen LogP contribution in [0.15, 0.2) is 58.3 Å². The summed E-state index contributed by atoms with van der Waals surface area (Å²) in [7, 11) is -4.71. The zero-order valence-electron chi connectivity index (χ0n) is 19.2. The fourth-order valence-electron chi connectivity index (χ4n) is 4.47. The Bertz CT molecular complexity index is 1230. The number of rotatable bonds is 7. The highest BCUT2D eigenvalue weighted by Gasteiger charge is 2.56. The van der Waals surface area contributed by atoms with Gasteiger partial charge < -0.3 is 10.0 Å². The van der Waals surface area contributed by atoms with Crippen molar-refractivity contribution in [3.05, 3.63) is 48.5 Å². The van der Waals surface area contributed by atoms with Crippen molar-refractivity contribution in [3.8, 4) is 0 Å². The number of para-hydroxylation sites is 2. The van der Waals surface area contributed by atoms with Gasteiger partial charge in [0.15, 0.2) is 0 Å². The second-order valence-electron chi connectivity index (χ2n) is 9.46. The molecule has 2 aliphatic rings. The van der Waals surface area contributed by atoms with E-state index in [-0.39, 0.29) is 15.2 Å². The van der Waals surface area contributed by atoms with Crippen molar-refractivity contribution in [1.82, 2.24) is 4.31 Å². The van der Waals surface area contributed by atoms with Crippen LogP contribution < -0.4 is 9.62 Å². The van der Waals surface area contributed by atoms with Crippen LogP contribution in [0.25, 0.3) is 0 Å². The molecular weight excluding hydrogens is 462 g/mol. The number of anilines is 2. The van der Waals surface area contributed by atoms with E-state index in [2.05, 4.69) is 16.5 Å². The molecule has 2 N–H and O–H groups in total. The Kier molecular flexibility index (Phi) is 6.01. The number of benzene rings is 2. The topological polar surface area (TPSA) is 107 Å². The molecule has 2 fully saturated rings. The van der Waals surface area contributed by atoms with Gasteiger partial charge in [0, 0.05) is 27.2 Å². The molecule has 0 bridgehead atoms. The van der Waals surface area contributed by atoms with E-state index in [0.717, 1.165) is 48.8 Å². The van der Waals surface area contributed by atoms with Crippen molar-refractivity contribution >= 4 is 31.4 Å². The maximum atomic E-state index is 13.1. The fourth-order valence-corrected chi connectivity index (χ4v) is 6.45. The summed E-state index contributed by atoms with van der Waals surface area (Å²) in [5, 5.41) is 10.7. The molecule has 33 heavy (non-hydrogen) atoms. The molecule has 0 unspecified atom stereocenters. The Morgan fingerprint density at radius 3 is 1.97 bits per heavy atom. The van der Waals surface area contributed by atoms with E-state index in [1.54, 1.807) is 12.1 Å². The summed E-state index contributed by atoms with van der Waals surface area (Å²) in [5.41, 5.74) is 0.605. The van der Waals surface area contributed by atoms with Gasteiger partial charge in [-0.05, 0) is 67.5 Å². The molecule has 2 aromatic carbocycles. The van der Waals surface area contributed by atoms with Crippen LogP contribution >= 0.6 is 0 Å². The van der Waals surface area contributed by atoms with Crippen LogP contribution in [0.1, 0.15) is 32.6 Å². The summed E-state index contributed by atoms with van der Waals surface area (Å²) in [6.07, 6.45) is 3.39. The van der Waals surface area contributed by atoms with Crippen molar-refractivity contribution in [3.63, 3.8) is 0 Å². The van der Waals surface area contributed by atoms with Crippen LogP contribution in [0.2, 0.25) is 0 Å². The quantitative estimate of drug-likeness (QED) is 0.614. The summed E-state index contributed by atoms with van der Waals surface area (Å²) < 4.78 is 54.4. The highest BCUT2D eigenvalue weighted by Crippen LogP contribution is 2.55. The largest absolute Gasteiger partial charge is 0.389 e. The highest BCUT2D eigenvalue weighted by molar-refractivity contribution is 7.92. The van der Waals surface area contributed by atoms with Crippen molar-refractivity contribution in [1.29, 1.82) is 0 Å². The summed E-state index contributed by atoms with van der Waals surface area (Å²) in [5.74, 6) is 0. The smallest absolute Gasteiger partial charge is 0.261 e. The molecule has 0 amide bonds. The van der Waals surface area contributed by atoms with Crippen molar-refractivity contribution in [2.75, 3.05) is 36.8 Å². The Morgan fingerprint density at radius 2 is 1.42 bits per heavy atom. The first-order chi connectivity index (χ1) is 15.4. The van der Waals surface area contributed by atoms with E-state index in [9.17, 15) is 21.9 Å². The molecule has 0 radical (unpaired) electrons. The number of nitrogens with zero attached hydrogens (tertiary/aromatic N) is 2. The fraction of sp³-hybridized carbons (Fsp3) is 0.478. The third-order valence-electron chi connectivity index (χ3n) is 7.12. The molecule has 1 saturated heterocycles. The molecule has 180 valence electrons. The standard InChI is InChI=1S/C23H31N3O5S2/c1-22(23(27)12-13-23)14-16-26(17-15-22)21-7-5-4-6-20(21)24-32(28,29)18-8-10-19(11-9-18)33(30,31)25(2)3/h4-11,24,27H,12-17H2,1-3H3. The van der Waals surface area contributed by atoms with Gasteiger partial charge in [0.1, 0.15) is 0 Å². The molecular formula is C23H31N3O5S2. The molecule has 8 nitrogen and oxygen atoms in total. The lowest BCUT2D eigenvalue weighted by molar-refractivity contribution is -0.00441. The van der Waals surface area contributed by atoms with E-state index in [1.807, 2.05) is 12.1 Å². The lowest BCUT2D eigenvalue weighted by atomic mass is 9.73. The molecule has 1 aliphatic heterocycles. The van der Waals surface area contributed by atoms with Crippen LogP contribution in [0, 0.1) is 5.41 Å². The van der Waals surface area contributed by atoms with E-state index in [1.165, 1.54) is 38.4 Å². The van der Waals surface area contributed by atoms with Crippen molar-refractivity contribution in [2.24, 2.45) is 5.41 Å². The molecule has 4 rings (SSSR count). The minimum atomic E-state index is -3.92. The number of hydrogen-bond donors (Lipinski definition) is 2. The Balaban J connectivity index is 1.53. The van der Waals surface area contributed by atoms with Gasteiger partial charge in [-0.25, -0.2) is 21.1 Å². The molecule has 1 aliphatic carbocycles. The van der Waals surface area contributed by atoms with Crippen LogP contribution in [-0.4, -0.2) is 59.0 Å². The zero-order chi connectivity index (χ0) is 24.1. The molecule has 1 saturated carbocycles. The normalized spacial score (nSPS) is 20.0. The van der Waals surface area contributed by atoms with Crippen molar-refractivity contribution < 1.29 is 21.9 Å². The SMILES string of the molecule is CN(C)S(=O)(=O)c1ccc(S(=O)(=O)Nc2ccccc2N2CCC(C)(C3(O)CC3)CC2)cc1. The number of nitrogens with one attached hydrogen (secondary N) is 1. The van der Waals surface area contributed by atoms with Gasteiger partial charge in [-0.2, -0.15) is 0 Å². The zero-order valence-corrected chi connectivity index (χ0v) is 20.8. The minimum Gasteiger partial charge on any atom is -0.389 e. The van der Waals surface area contributed by atoms with Gasteiger partial charge in [0.25, 0.3) is 10.0 Å². The average molecular weight is 494 g/mol. The summed E-state index contributed by atoms with van der Waals surface area (Å²) >= 11 is 0. The second kappa shape index (κ2) is 8.26. The first-order valence-corrected chi connectivity index (χ1v) is 13.9. The Hall–Kier alpha value is -2.14. The Labute approximate surface area is 196 Å². The first-order valence-electron chi connectivity index (χ1n) is 11.0. The number of hydrogen-bond acceptors (Lipinski definition) is 6. The number of sulfonamides is 2. The van der Waals surface area contributed by atoms with Crippen molar-refractivity contribution in [2.45, 2.75) is 48.0 Å². The second-order valence-corrected chi connectivity index (χ2v) is 13.3. The van der Waals surface area contributed by atoms with E-state index in [4.69, 9.17) is 0 Å². The number of piperidine rings is 1. The van der Waals surface area contributed by atoms with Crippen LogP contribution in [0.5, 0.6) is 0 Å². The van der Waals surface area contributed by atoms with Crippen LogP contribution in [-0.2, 0) is 20.0 Å². The van der Waals surface area contributed by atoms with E-state index >= 15 is 0 Å². The molecule has 2 aromatic rings. The lowest BCUT2D eigenvalue weighted by Crippen LogP contribution is -2.46. The minimum absolute atomic E-state index is 0.0165. The number of aliphatic hydroxyl groups is 1.